The second-order valence-corrected chi connectivity index (χ2v) is 13.6. The van der Waals surface area contributed by atoms with Gasteiger partial charge in [-0.3, -0.25) is 0 Å². The van der Waals surface area contributed by atoms with Gasteiger partial charge in [-0.25, -0.2) is 0 Å². The van der Waals surface area contributed by atoms with Crippen molar-refractivity contribution in [3.05, 3.63) is 188 Å². The lowest BCUT2D eigenvalue weighted by Crippen LogP contribution is -1.87. The topological polar surface area (TPSA) is 4.41 Å². The highest BCUT2D eigenvalue weighted by Crippen LogP contribution is 2.41. The van der Waals surface area contributed by atoms with Crippen molar-refractivity contribution in [1.29, 1.82) is 0 Å². The number of para-hydroxylation sites is 2. The van der Waals surface area contributed by atoms with E-state index in [2.05, 4.69) is 192 Å². The smallest absolute Gasteiger partial charge is 0.0619 e. The molecule has 2 heterocycles. The van der Waals surface area contributed by atoms with Crippen molar-refractivity contribution in [2.45, 2.75) is 0 Å². The minimum Gasteiger partial charge on any atom is -0.308 e. The van der Waals surface area contributed by atoms with Gasteiger partial charge in [-0.2, -0.15) is 0 Å². The summed E-state index contributed by atoms with van der Waals surface area (Å²) in [4.78, 5) is 0. The van der Waals surface area contributed by atoms with Crippen LogP contribution in [0.4, 0.5) is 0 Å². The van der Waals surface area contributed by atoms with E-state index in [9.17, 15) is 0 Å². The Morgan fingerprint density at radius 2 is 0.725 bits per heavy atom. The van der Waals surface area contributed by atoms with E-state index in [1.807, 2.05) is 0 Å². The van der Waals surface area contributed by atoms with E-state index in [4.69, 9.17) is 0 Å². The number of aromatic nitrogens is 1. The first-order chi connectivity index (χ1) is 25.3. The van der Waals surface area contributed by atoms with E-state index in [1.54, 1.807) is 0 Å². The second-order valence-electron chi connectivity index (χ2n) is 13.6. The first kappa shape index (κ1) is 28.2. The zero-order valence-corrected chi connectivity index (χ0v) is 27.8. The van der Waals surface area contributed by atoms with E-state index in [0.29, 0.717) is 0 Å². The number of rotatable bonds is 2. The average molecular weight is 646 g/mol. The second kappa shape index (κ2) is 10.9. The number of hydrogen-bond donors (Lipinski definition) is 0. The molecule has 0 unspecified atom stereocenters. The van der Waals surface area contributed by atoms with Crippen LogP contribution in [0.5, 0.6) is 0 Å². The van der Waals surface area contributed by atoms with Gasteiger partial charge in [0, 0.05) is 21.5 Å². The molecule has 0 aliphatic heterocycles. The van der Waals surface area contributed by atoms with E-state index >= 15 is 0 Å². The van der Waals surface area contributed by atoms with Crippen LogP contribution in [0.1, 0.15) is 0 Å². The molecular formula is C50H31N. The molecule has 0 radical (unpaired) electrons. The lowest BCUT2D eigenvalue weighted by Gasteiger charge is -2.12. The predicted octanol–water partition coefficient (Wildman–Crippen LogP) is 13.9. The summed E-state index contributed by atoms with van der Waals surface area (Å²) in [6.45, 7) is 0. The summed E-state index contributed by atoms with van der Waals surface area (Å²) in [5, 5.41) is 15.1. The van der Waals surface area contributed by atoms with Gasteiger partial charge in [0.1, 0.15) is 0 Å². The molecule has 0 amide bonds. The highest BCUT2D eigenvalue weighted by Gasteiger charge is 2.16. The number of fused-ring (bicyclic) bond motifs is 13. The van der Waals surface area contributed by atoms with Gasteiger partial charge in [-0.15, -0.1) is 0 Å². The summed E-state index contributed by atoms with van der Waals surface area (Å²) in [6, 6.07) is 69.4. The van der Waals surface area contributed by atoms with Crippen molar-refractivity contribution in [1.82, 2.24) is 4.40 Å². The van der Waals surface area contributed by atoms with Crippen molar-refractivity contribution < 1.29 is 0 Å². The molecule has 51 heavy (non-hydrogen) atoms. The Morgan fingerprint density at radius 1 is 0.255 bits per heavy atom. The third kappa shape index (κ3) is 4.16. The Labute approximate surface area is 294 Å². The summed E-state index contributed by atoms with van der Waals surface area (Å²) in [6.07, 6.45) is 0. The van der Waals surface area contributed by atoms with Crippen molar-refractivity contribution in [3.63, 3.8) is 0 Å². The summed E-state index contributed by atoms with van der Waals surface area (Å²) in [7, 11) is 0. The molecule has 2 aromatic heterocycles. The molecule has 0 aliphatic carbocycles. The Kier molecular flexibility index (Phi) is 6.02. The SMILES string of the molecule is c1cc(-c2ccc3c(c2)c2cccc4c5ccccc5c5ccccc5c5ccccc5n3c42)cc(-c2cc3ccccc3c3ccccc23)c1. The fourth-order valence-electron chi connectivity index (χ4n) is 8.68. The third-order valence-corrected chi connectivity index (χ3v) is 10.9. The van der Waals surface area contributed by atoms with Gasteiger partial charge in [0.15, 0.2) is 0 Å². The molecule has 1 nitrogen and oxygen atoms in total. The maximum absolute atomic E-state index is 2.51. The lowest BCUT2D eigenvalue weighted by molar-refractivity contribution is 1.35. The van der Waals surface area contributed by atoms with Gasteiger partial charge >= 0.3 is 0 Å². The number of nitrogens with zero attached hydrogens (tertiary/aromatic N) is 1. The molecule has 0 spiro atoms. The standard InChI is InChI=1S/C50H31N/c1-2-16-36-35(13-1)31-46(42-22-8-3-17-37(36)42)34-15-11-14-32(29-34)33-27-28-49-47(30-33)45-25-12-24-44-41-21-7-5-19-39(41)38-18-4-6-20-40(38)43-23-9-10-26-48(43)51(49)50(44)45/h1-31H. The average Bonchev–Trinajstić information content (AvgIpc) is 3.55. The van der Waals surface area contributed by atoms with Crippen molar-refractivity contribution >= 4 is 81.2 Å². The maximum Gasteiger partial charge on any atom is 0.0619 e. The molecule has 11 aromatic rings. The van der Waals surface area contributed by atoms with Crippen LogP contribution in [0.25, 0.3) is 103 Å². The monoisotopic (exact) mass is 645 g/mol. The molecule has 0 N–H and O–H groups in total. The Balaban J connectivity index is 1.22. The minimum atomic E-state index is 1.20. The molecule has 0 saturated carbocycles. The summed E-state index contributed by atoms with van der Waals surface area (Å²) in [5.41, 5.74) is 8.57. The molecule has 236 valence electrons. The van der Waals surface area contributed by atoms with Gasteiger partial charge in [0.25, 0.3) is 0 Å². The number of benzene rings is 9. The predicted molar refractivity (Wildman–Crippen MR) is 220 cm³/mol. The van der Waals surface area contributed by atoms with Crippen molar-refractivity contribution in [3.8, 4) is 22.3 Å². The molecule has 0 saturated heterocycles. The molecular weight excluding hydrogens is 615 g/mol. The van der Waals surface area contributed by atoms with Crippen LogP contribution in [0.15, 0.2) is 188 Å². The molecule has 11 rings (SSSR count). The molecule has 0 bridgehead atoms. The Hall–Kier alpha value is -6.70. The highest BCUT2D eigenvalue weighted by molar-refractivity contribution is 6.25. The molecule has 0 fully saturated rings. The van der Waals surface area contributed by atoms with Crippen LogP contribution >= 0.6 is 0 Å². The van der Waals surface area contributed by atoms with E-state index in [-0.39, 0.29) is 0 Å². The summed E-state index contributed by atoms with van der Waals surface area (Å²) in [5.74, 6) is 0. The first-order valence-electron chi connectivity index (χ1n) is 17.7. The van der Waals surface area contributed by atoms with Crippen molar-refractivity contribution in [2.75, 3.05) is 0 Å². The molecule has 0 atom stereocenters. The van der Waals surface area contributed by atoms with Gasteiger partial charge in [0.2, 0.25) is 0 Å². The Bertz CT molecular complexity index is 3250. The van der Waals surface area contributed by atoms with Crippen LogP contribution in [-0.4, -0.2) is 4.40 Å². The lowest BCUT2D eigenvalue weighted by atomic mass is 9.91. The molecule has 9 aromatic carbocycles. The van der Waals surface area contributed by atoms with E-state index < -0.39 is 0 Å². The van der Waals surface area contributed by atoms with Crippen LogP contribution in [-0.2, 0) is 0 Å². The quantitative estimate of drug-likeness (QED) is 0.165. The summed E-state index contributed by atoms with van der Waals surface area (Å²) >= 11 is 0. The van der Waals surface area contributed by atoms with Crippen LogP contribution < -0.4 is 0 Å². The van der Waals surface area contributed by atoms with Gasteiger partial charge in [0.05, 0.1) is 16.6 Å². The van der Waals surface area contributed by atoms with E-state index in [0.717, 1.165) is 0 Å². The Morgan fingerprint density at radius 3 is 1.47 bits per heavy atom. The summed E-state index contributed by atoms with van der Waals surface area (Å²) < 4.78 is 2.51. The zero-order chi connectivity index (χ0) is 33.5. The zero-order valence-electron chi connectivity index (χ0n) is 27.8. The fourth-order valence-corrected chi connectivity index (χ4v) is 8.68. The molecule has 0 aliphatic rings. The normalized spacial score (nSPS) is 11.9. The van der Waals surface area contributed by atoms with Gasteiger partial charge in [-0.1, -0.05) is 158 Å². The van der Waals surface area contributed by atoms with Crippen LogP contribution in [0.2, 0.25) is 0 Å². The van der Waals surface area contributed by atoms with Crippen LogP contribution in [0, 0.1) is 0 Å². The number of hydrogen-bond acceptors (Lipinski definition) is 0. The highest BCUT2D eigenvalue weighted by atomic mass is 14.9. The maximum atomic E-state index is 2.51. The van der Waals surface area contributed by atoms with Crippen molar-refractivity contribution in [2.24, 2.45) is 0 Å². The van der Waals surface area contributed by atoms with Crippen LogP contribution in [0.3, 0.4) is 0 Å². The largest absolute Gasteiger partial charge is 0.308 e. The van der Waals surface area contributed by atoms with Gasteiger partial charge < -0.3 is 4.40 Å². The van der Waals surface area contributed by atoms with E-state index in [1.165, 1.54) is 103 Å². The molecule has 1 heteroatoms. The fraction of sp³-hybridized carbons (Fsp3) is 0. The third-order valence-electron chi connectivity index (χ3n) is 10.9. The minimum absolute atomic E-state index is 1.20. The first-order valence-corrected chi connectivity index (χ1v) is 17.7. The van der Waals surface area contributed by atoms with Gasteiger partial charge in [-0.05, 0) is 95.7 Å².